The van der Waals surface area contributed by atoms with Crippen molar-refractivity contribution in [2.24, 2.45) is 11.8 Å². The summed E-state index contributed by atoms with van der Waals surface area (Å²) in [6.45, 7) is 9.58. The fraction of sp³-hybridized carbons (Fsp3) is 0.875. The second-order valence-corrected chi connectivity index (χ2v) is 7.19. The van der Waals surface area contributed by atoms with Gasteiger partial charge in [-0.15, -0.1) is 0 Å². The second kappa shape index (κ2) is 6.34. The van der Waals surface area contributed by atoms with Crippen LogP contribution in [-0.2, 0) is 14.3 Å². The zero-order valence-electron chi connectivity index (χ0n) is 13.6. The lowest BCUT2D eigenvalue weighted by atomic mass is 9.95. The Morgan fingerprint density at radius 1 is 1.29 bits per heavy atom. The van der Waals surface area contributed by atoms with Crippen molar-refractivity contribution >= 4 is 11.8 Å². The number of carbonyl (C=O) groups is 2. The minimum atomic E-state index is -0.805. The first kappa shape index (κ1) is 16.3. The lowest BCUT2D eigenvalue weighted by Crippen LogP contribution is -2.69. The van der Waals surface area contributed by atoms with E-state index in [9.17, 15) is 9.59 Å². The van der Waals surface area contributed by atoms with Gasteiger partial charge in [0.2, 0.25) is 11.8 Å². The van der Waals surface area contributed by atoms with Crippen LogP contribution in [0.3, 0.4) is 0 Å². The molecule has 0 radical (unpaired) electrons. The van der Waals surface area contributed by atoms with Crippen LogP contribution in [0.5, 0.6) is 0 Å². The normalized spacial score (nSPS) is 25.4. The Balaban J connectivity index is 1.92. The van der Waals surface area contributed by atoms with Gasteiger partial charge in [0.1, 0.15) is 11.6 Å². The van der Waals surface area contributed by atoms with Crippen LogP contribution in [-0.4, -0.2) is 48.1 Å². The van der Waals surface area contributed by atoms with Gasteiger partial charge in [0.15, 0.2) is 0 Å². The zero-order chi connectivity index (χ0) is 15.6. The van der Waals surface area contributed by atoms with Gasteiger partial charge in [0, 0.05) is 13.2 Å². The van der Waals surface area contributed by atoms with Crippen LogP contribution >= 0.6 is 0 Å². The predicted molar refractivity (Wildman–Crippen MR) is 80.7 cm³/mol. The van der Waals surface area contributed by atoms with Gasteiger partial charge >= 0.3 is 0 Å². The van der Waals surface area contributed by atoms with Crippen molar-refractivity contribution in [2.75, 3.05) is 19.8 Å². The van der Waals surface area contributed by atoms with Gasteiger partial charge in [-0.1, -0.05) is 13.8 Å². The summed E-state index contributed by atoms with van der Waals surface area (Å²) >= 11 is 0. The van der Waals surface area contributed by atoms with Gasteiger partial charge in [-0.3, -0.25) is 9.59 Å². The van der Waals surface area contributed by atoms with Crippen molar-refractivity contribution in [3.63, 3.8) is 0 Å². The number of ether oxygens (including phenoxy) is 1. The highest BCUT2D eigenvalue weighted by Crippen LogP contribution is 2.37. The molecule has 1 atom stereocenters. The summed E-state index contributed by atoms with van der Waals surface area (Å²) in [4.78, 5) is 26.6. The molecule has 1 saturated carbocycles. The van der Waals surface area contributed by atoms with Gasteiger partial charge in [-0.25, -0.2) is 0 Å². The molecule has 0 aromatic heterocycles. The third-order valence-electron chi connectivity index (χ3n) is 4.22. The van der Waals surface area contributed by atoms with Crippen molar-refractivity contribution in [3.8, 4) is 0 Å². The molecule has 1 unspecified atom stereocenters. The van der Waals surface area contributed by atoms with Crippen LogP contribution in [0.25, 0.3) is 0 Å². The highest BCUT2D eigenvalue weighted by Gasteiger charge is 2.50. The molecule has 120 valence electrons. The average molecular weight is 296 g/mol. The molecule has 1 aliphatic carbocycles. The van der Waals surface area contributed by atoms with Crippen LogP contribution in [0.15, 0.2) is 0 Å². The first-order chi connectivity index (χ1) is 9.83. The van der Waals surface area contributed by atoms with Crippen LogP contribution in [0.4, 0.5) is 0 Å². The predicted octanol–water partition coefficient (Wildman–Crippen LogP) is 1.56. The van der Waals surface area contributed by atoms with E-state index in [1.54, 1.807) is 18.7 Å². The monoisotopic (exact) mass is 296 g/mol. The summed E-state index contributed by atoms with van der Waals surface area (Å²) in [6.07, 6.45) is 3.10. The quantitative estimate of drug-likeness (QED) is 0.725. The minimum absolute atomic E-state index is 0.00598. The third kappa shape index (κ3) is 3.96. The van der Waals surface area contributed by atoms with E-state index in [1.165, 1.54) is 0 Å². The van der Waals surface area contributed by atoms with Crippen molar-refractivity contribution in [3.05, 3.63) is 0 Å². The molecule has 21 heavy (non-hydrogen) atoms. The summed E-state index contributed by atoms with van der Waals surface area (Å²) < 4.78 is 5.62. The minimum Gasteiger partial charge on any atom is -0.380 e. The van der Waals surface area contributed by atoms with Gasteiger partial charge in [-0.2, -0.15) is 0 Å². The molecule has 2 aliphatic rings. The number of piperazine rings is 1. The van der Waals surface area contributed by atoms with E-state index < -0.39 is 5.54 Å². The summed E-state index contributed by atoms with van der Waals surface area (Å²) in [7, 11) is 0. The van der Waals surface area contributed by atoms with E-state index in [1.807, 2.05) is 0 Å². The first-order valence-corrected chi connectivity index (χ1v) is 8.04. The Labute approximate surface area is 127 Å². The number of rotatable bonds is 7. The molecule has 0 aromatic rings. The molecular weight excluding hydrogens is 268 g/mol. The topological polar surface area (TPSA) is 58.6 Å². The molecule has 2 fully saturated rings. The molecule has 2 amide bonds. The molecule has 1 saturated heterocycles. The summed E-state index contributed by atoms with van der Waals surface area (Å²) in [6, 6.07) is -0.292. The molecule has 1 N–H and O–H groups in total. The van der Waals surface area contributed by atoms with E-state index in [4.69, 9.17) is 4.74 Å². The van der Waals surface area contributed by atoms with Crippen molar-refractivity contribution in [2.45, 2.75) is 58.5 Å². The van der Waals surface area contributed by atoms with E-state index in [0.29, 0.717) is 31.6 Å². The van der Waals surface area contributed by atoms with E-state index in [-0.39, 0.29) is 17.9 Å². The fourth-order valence-electron chi connectivity index (χ4n) is 2.77. The molecule has 5 nitrogen and oxygen atoms in total. The Morgan fingerprint density at radius 2 is 1.95 bits per heavy atom. The highest BCUT2D eigenvalue weighted by molar-refractivity contribution is 5.99. The van der Waals surface area contributed by atoms with Crippen LogP contribution in [0.1, 0.15) is 47.0 Å². The number of nitrogens with zero attached hydrogens (tertiary/aromatic N) is 1. The van der Waals surface area contributed by atoms with E-state index in [0.717, 1.165) is 19.3 Å². The number of carbonyl (C=O) groups excluding carboxylic acids is 2. The maximum Gasteiger partial charge on any atom is 0.248 e. The van der Waals surface area contributed by atoms with E-state index >= 15 is 0 Å². The van der Waals surface area contributed by atoms with Crippen molar-refractivity contribution in [1.82, 2.24) is 10.2 Å². The number of nitrogens with one attached hydrogen (secondary N) is 1. The Kier molecular flexibility index (Phi) is 4.91. The summed E-state index contributed by atoms with van der Waals surface area (Å²) in [5.74, 6) is 0.946. The lowest BCUT2D eigenvalue weighted by molar-refractivity contribution is -0.155. The maximum atomic E-state index is 12.6. The second-order valence-electron chi connectivity index (χ2n) is 7.19. The summed E-state index contributed by atoms with van der Waals surface area (Å²) in [5, 5.41) is 2.85. The third-order valence-corrected chi connectivity index (χ3v) is 4.22. The molecule has 0 spiro atoms. The largest absolute Gasteiger partial charge is 0.380 e. The SMILES string of the molecule is CC(C)CCOCCN1C(=O)C(C)(C)NC(=O)C1C1CC1. The molecule has 1 aliphatic heterocycles. The van der Waals surface area contributed by atoms with Gasteiger partial charge in [0.05, 0.1) is 6.61 Å². The molecule has 0 aromatic carbocycles. The van der Waals surface area contributed by atoms with Crippen molar-refractivity contribution in [1.29, 1.82) is 0 Å². The molecule has 1 heterocycles. The number of hydrogen-bond acceptors (Lipinski definition) is 3. The van der Waals surface area contributed by atoms with Crippen LogP contribution in [0.2, 0.25) is 0 Å². The lowest BCUT2D eigenvalue weighted by Gasteiger charge is -2.43. The first-order valence-electron chi connectivity index (χ1n) is 8.04. The zero-order valence-corrected chi connectivity index (χ0v) is 13.6. The van der Waals surface area contributed by atoms with Gasteiger partial charge < -0.3 is 15.0 Å². The Hall–Kier alpha value is -1.10. The average Bonchev–Trinajstić information content (AvgIpc) is 3.18. The summed E-state index contributed by atoms with van der Waals surface area (Å²) in [5.41, 5.74) is -0.805. The standard InChI is InChI=1S/C16H28N2O3/c1-11(2)7-9-21-10-8-18-13(12-5-6-12)14(19)17-16(3,4)15(18)20/h11-13H,5-10H2,1-4H3,(H,17,19). The Bertz CT molecular complexity index is 402. The molecule has 0 bridgehead atoms. The highest BCUT2D eigenvalue weighted by atomic mass is 16.5. The maximum absolute atomic E-state index is 12.6. The van der Waals surface area contributed by atoms with E-state index in [2.05, 4.69) is 19.2 Å². The van der Waals surface area contributed by atoms with Gasteiger partial charge in [-0.05, 0) is 44.9 Å². The number of hydrogen-bond donors (Lipinski definition) is 1. The molecule has 2 rings (SSSR count). The number of amides is 2. The smallest absolute Gasteiger partial charge is 0.248 e. The Morgan fingerprint density at radius 3 is 2.52 bits per heavy atom. The fourth-order valence-corrected chi connectivity index (χ4v) is 2.77. The van der Waals surface area contributed by atoms with Crippen LogP contribution in [0, 0.1) is 11.8 Å². The van der Waals surface area contributed by atoms with Gasteiger partial charge in [0.25, 0.3) is 0 Å². The van der Waals surface area contributed by atoms with Crippen LogP contribution < -0.4 is 5.32 Å². The molecule has 5 heteroatoms. The molecular formula is C16H28N2O3. The van der Waals surface area contributed by atoms with Crippen molar-refractivity contribution < 1.29 is 14.3 Å².